The van der Waals surface area contributed by atoms with E-state index in [4.69, 9.17) is 0 Å². The second-order valence-corrected chi connectivity index (χ2v) is 5.16. The molecule has 16 heavy (non-hydrogen) atoms. The van der Waals surface area contributed by atoms with Crippen molar-refractivity contribution in [3.05, 3.63) is 15.9 Å². The first kappa shape index (κ1) is 12.1. The molecule has 0 amide bonds. The van der Waals surface area contributed by atoms with E-state index in [-0.39, 0.29) is 6.10 Å². The first-order chi connectivity index (χ1) is 7.61. The fraction of sp³-hybridized carbons (Fsp3) is 0.727. The normalized spacial score (nSPS) is 21.9. The third-order valence-electron chi connectivity index (χ3n) is 3.12. The first-order valence-corrected chi connectivity index (χ1v) is 6.51. The van der Waals surface area contributed by atoms with Crippen LogP contribution in [-0.2, 0) is 20.0 Å². The third kappa shape index (κ3) is 2.31. The lowest BCUT2D eigenvalue weighted by Crippen LogP contribution is -2.23. The lowest BCUT2D eigenvalue weighted by Gasteiger charge is -2.15. The number of aryl methyl sites for hydroxylation is 2. The Bertz CT molecular complexity index is 378. The van der Waals surface area contributed by atoms with E-state index in [9.17, 15) is 5.11 Å². The molecule has 0 unspecified atom stereocenters. The molecule has 0 saturated carbocycles. The zero-order chi connectivity index (χ0) is 11.7. The summed E-state index contributed by atoms with van der Waals surface area (Å²) in [4.78, 5) is 2.27. The van der Waals surface area contributed by atoms with Gasteiger partial charge in [0.05, 0.1) is 22.0 Å². The summed E-state index contributed by atoms with van der Waals surface area (Å²) >= 11 is 3.61. The average Bonchev–Trinajstić information content (AvgIpc) is 2.77. The summed E-state index contributed by atoms with van der Waals surface area (Å²) in [6, 6.07) is 0. The van der Waals surface area contributed by atoms with Gasteiger partial charge >= 0.3 is 0 Å². The summed E-state index contributed by atoms with van der Waals surface area (Å²) in [5.41, 5.74) is 2.31. The van der Waals surface area contributed by atoms with E-state index in [2.05, 4.69) is 32.9 Å². The summed E-state index contributed by atoms with van der Waals surface area (Å²) in [6.45, 7) is 4.72. The van der Waals surface area contributed by atoms with Crippen molar-refractivity contribution in [2.45, 2.75) is 32.4 Å². The van der Waals surface area contributed by atoms with Crippen molar-refractivity contribution < 1.29 is 5.11 Å². The Balaban J connectivity index is 2.12. The summed E-state index contributed by atoms with van der Waals surface area (Å²) in [5.74, 6) is 0. The number of halogens is 1. The van der Waals surface area contributed by atoms with Crippen LogP contribution in [0.15, 0.2) is 4.47 Å². The minimum atomic E-state index is -0.155. The lowest BCUT2D eigenvalue weighted by molar-refractivity contribution is 0.174. The molecular weight excluding hydrogens is 270 g/mol. The van der Waals surface area contributed by atoms with Crippen LogP contribution >= 0.6 is 15.9 Å². The van der Waals surface area contributed by atoms with Crippen molar-refractivity contribution >= 4 is 15.9 Å². The highest BCUT2D eigenvalue weighted by atomic mass is 79.9. The minimum absolute atomic E-state index is 0.155. The van der Waals surface area contributed by atoms with E-state index in [1.165, 1.54) is 5.69 Å². The number of β-amino-alcohol motifs (C(OH)–C–C–N with tert-alkyl or cyclic N) is 1. The highest BCUT2D eigenvalue weighted by Crippen LogP contribution is 2.24. The molecule has 0 aliphatic carbocycles. The topological polar surface area (TPSA) is 41.3 Å². The number of hydrogen-bond donors (Lipinski definition) is 1. The van der Waals surface area contributed by atoms with Gasteiger partial charge in [-0.2, -0.15) is 5.10 Å². The first-order valence-electron chi connectivity index (χ1n) is 5.72. The number of aliphatic hydroxyl groups excluding tert-OH is 1. The summed E-state index contributed by atoms with van der Waals surface area (Å²) in [5, 5.41) is 14.0. The molecule has 0 spiro atoms. The Morgan fingerprint density at radius 3 is 2.81 bits per heavy atom. The highest BCUT2D eigenvalue weighted by Gasteiger charge is 2.22. The molecule has 1 N–H and O–H groups in total. The molecule has 2 heterocycles. The van der Waals surface area contributed by atoms with E-state index in [0.29, 0.717) is 0 Å². The van der Waals surface area contributed by atoms with Crippen molar-refractivity contribution in [2.24, 2.45) is 7.05 Å². The van der Waals surface area contributed by atoms with Crippen LogP contribution in [0.4, 0.5) is 0 Å². The molecule has 1 aromatic heterocycles. The second-order valence-electron chi connectivity index (χ2n) is 4.36. The summed E-state index contributed by atoms with van der Waals surface area (Å²) < 4.78 is 3.06. The number of hydrogen-bond acceptors (Lipinski definition) is 3. The van der Waals surface area contributed by atoms with Crippen LogP contribution in [0.3, 0.4) is 0 Å². The Kier molecular flexibility index (Phi) is 3.66. The zero-order valence-corrected chi connectivity index (χ0v) is 11.4. The van der Waals surface area contributed by atoms with Crippen molar-refractivity contribution in [1.29, 1.82) is 0 Å². The summed E-state index contributed by atoms with van der Waals surface area (Å²) in [6.07, 6.45) is 1.67. The predicted molar refractivity (Wildman–Crippen MR) is 66.2 cm³/mol. The molecule has 1 fully saturated rings. The molecule has 1 saturated heterocycles. The fourth-order valence-electron chi connectivity index (χ4n) is 2.16. The van der Waals surface area contributed by atoms with Crippen LogP contribution in [-0.4, -0.2) is 39.0 Å². The average molecular weight is 288 g/mol. The number of aliphatic hydroxyl groups is 1. The van der Waals surface area contributed by atoms with Crippen molar-refractivity contribution in [2.75, 3.05) is 13.1 Å². The number of aromatic nitrogens is 2. The Morgan fingerprint density at radius 1 is 1.56 bits per heavy atom. The van der Waals surface area contributed by atoms with Crippen molar-refractivity contribution in [3.8, 4) is 0 Å². The van der Waals surface area contributed by atoms with Crippen LogP contribution in [0, 0.1) is 0 Å². The maximum Gasteiger partial charge on any atom is 0.0767 e. The second kappa shape index (κ2) is 4.85. The van der Waals surface area contributed by atoms with Gasteiger partial charge in [0.15, 0.2) is 0 Å². The molecule has 90 valence electrons. The minimum Gasteiger partial charge on any atom is -0.392 e. The van der Waals surface area contributed by atoms with E-state index in [0.717, 1.165) is 42.6 Å². The van der Waals surface area contributed by atoms with Gasteiger partial charge < -0.3 is 5.11 Å². The molecule has 1 aliphatic heterocycles. The van der Waals surface area contributed by atoms with Crippen LogP contribution in [0.1, 0.15) is 24.7 Å². The van der Waals surface area contributed by atoms with Crippen molar-refractivity contribution in [1.82, 2.24) is 14.7 Å². The Labute approximate surface area is 104 Å². The molecule has 0 bridgehead atoms. The van der Waals surface area contributed by atoms with Gasteiger partial charge in [-0.3, -0.25) is 9.58 Å². The Morgan fingerprint density at radius 2 is 2.31 bits per heavy atom. The Hall–Kier alpha value is -0.390. The number of nitrogens with zero attached hydrogens (tertiary/aromatic N) is 3. The molecule has 1 aliphatic rings. The highest BCUT2D eigenvalue weighted by molar-refractivity contribution is 9.10. The standard InChI is InChI=1S/C11H18BrN3O/c1-3-9-11(12)10(14(2)13-9)7-15-5-4-8(16)6-15/h8,16H,3-7H2,1-2H3/t8-/m0/s1. The van der Waals surface area contributed by atoms with E-state index >= 15 is 0 Å². The molecule has 2 rings (SSSR count). The third-order valence-corrected chi connectivity index (χ3v) is 4.04. The van der Waals surface area contributed by atoms with Gasteiger partial charge in [-0.05, 0) is 28.8 Å². The van der Waals surface area contributed by atoms with Gasteiger partial charge in [0.25, 0.3) is 0 Å². The van der Waals surface area contributed by atoms with Crippen LogP contribution < -0.4 is 0 Å². The molecule has 1 atom stereocenters. The SMILES string of the molecule is CCc1nn(C)c(CN2CC[C@H](O)C2)c1Br. The van der Waals surface area contributed by atoms with Gasteiger partial charge in [-0.1, -0.05) is 6.92 Å². The van der Waals surface area contributed by atoms with Gasteiger partial charge in [0.1, 0.15) is 0 Å². The van der Waals surface area contributed by atoms with Gasteiger partial charge in [0, 0.05) is 26.7 Å². The van der Waals surface area contributed by atoms with Gasteiger partial charge in [0.2, 0.25) is 0 Å². The largest absolute Gasteiger partial charge is 0.392 e. The molecule has 0 aromatic carbocycles. The van der Waals surface area contributed by atoms with Crippen LogP contribution in [0.25, 0.3) is 0 Å². The molecule has 0 radical (unpaired) electrons. The van der Waals surface area contributed by atoms with Gasteiger partial charge in [-0.25, -0.2) is 0 Å². The van der Waals surface area contributed by atoms with Crippen LogP contribution in [0.5, 0.6) is 0 Å². The fourth-order valence-corrected chi connectivity index (χ4v) is 2.90. The molecule has 1 aromatic rings. The number of rotatable bonds is 3. The van der Waals surface area contributed by atoms with E-state index < -0.39 is 0 Å². The molecular formula is C11H18BrN3O. The van der Waals surface area contributed by atoms with E-state index in [1.807, 2.05) is 11.7 Å². The van der Waals surface area contributed by atoms with E-state index in [1.54, 1.807) is 0 Å². The number of likely N-dealkylation sites (tertiary alicyclic amines) is 1. The quantitative estimate of drug-likeness (QED) is 0.912. The van der Waals surface area contributed by atoms with Crippen molar-refractivity contribution in [3.63, 3.8) is 0 Å². The molecule has 4 nitrogen and oxygen atoms in total. The molecule has 5 heteroatoms. The van der Waals surface area contributed by atoms with Crippen LogP contribution in [0.2, 0.25) is 0 Å². The zero-order valence-electron chi connectivity index (χ0n) is 9.78. The maximum atomic E-state index is 9.49. The smallest absolute Gasteiger partial charge is 0.0767 e. The summed E-state index contributed by atoms with van der Waals surface area (Å²) in [7, 11) is 1.98. The lowest BCUT2D eigenvalue weighted by atomic mass is 10.3. The monoisotopic (exact) mass is 287 g/mol. The maximum absolute atomic E-state index is 9.49. The predicted octanol–water partition coefficient (Wildman–Crippen LogP) is 1.31. The van der Waals surface area contributed by atoms with Gasteiger partial charge in [-0.15, -0.1) is 0 Å².